The lowest BCUT2D eigenvalue weighted by Crippen LogP contribution is -2.35. The number of benzene rings is 4. The van der Waals surface area contributed by atoms with Crippen LogP contribution in [0, 0.1) is 18.8 Å². The number of unbranched alkanes of at least 4 members (excludes halogenated alkanes) is 1. The monoisotopic (exact) mass is 880 g/mol. The van der Waals surface area contributed by atoms with Gasteiger partial charge < -0.3 is 41.0 Å². The molecule has 4 aromatic rings. The number of anilines is 2. The van der Waals surface area contributed by atoms with Crippen molar-refractivity contribution in [2.24, 2.45) is 17.6 Å². The van der Waals surface area contributed by atoms with E-state index in [4.69, 9.17) is 15.2 Å². The van der Waals surface area contributed by atoms with Crippen LogP contribution in [-0.4, -0.2) is 93.0 Å². The van der Waals surface area contributed by atoms with Crippen LogP contribution in [0.2, 0.25) is 0 Å². The molecule has 0 aromatic heterocycles. The van der Waals surface area contributed by atoms with Crippen molar-refractivity contribution < 1.29 is 34.1 Å². The first-order valence-corrected chi connectivity index (χ1v) is 22.7. The van der Waals surface area contributed by atoms with E-state index in [2.05, 4.69) is 61.8 Å². The second kappa shape index (κ2) is 29.8. The van der Waals surface area contributed by atoms with E-state index >= 15 is 0 Å². The van der Waals surface area contributed by atoms with E-state index in [9.17, 15) is 24.6 Å². The summed E-state index contributed by atoms with van der Waals surface area (Å²) in [6.07, 6.45) is 8.84. The van der Waals surface area contributed by atoms with Crippen molar-refractivity contribution in [3.63, 3.8) is 0 Å². The maximum absolute atomic E-state index is 12.4. The number of carbonyl (C=O) groups is 3. The normalized spacial score (nSPS) is 15.8. The molecule has 5 rings (SSSR count). The van der Waals surface area contributed by atoms with Crippen LogP contribution in [0.1, 0.15) is 87.7 Å². The fourth-order valence-electron chi connectivity index (χ4n) is 7.52. The minimum absolute atomic E-state index is 0.00128. The number of likely N-dealkylation sites (N-methyl/N-ethyl adjacent to an activating group) is 1. The number of aliphatic hydroxyl groups excluding tert-OH is 1. The molecule has 12 nitrogen and oxygen atoms in total. The van der Waals surface area contributed by atoms with Gasteiger partial charge in [0.2, 0.25) is 5.91 Å². The Bertz CT molecular complexity index is 2000. The lowest BCUT2D eigenvalue weighted by molar-refractivity contribution is -0.131. The Kier molecular flexibility index (Phi) is 24.6. The fourth-order valence-corrected chi connectivity index (χ4v) is 7.52. The molecule has 7 N–H and O–H groups in total. The van der Waals surface area contributed by atoms with Crippen LogP contribution in [-0.2, 0) is 25.5 Å². The van der Waals surface area contributed by atoms with E-state index in [1.54, 1.807) is 31.1 Å². The third-order valence-electron chi connectivity index (χ3n) is 11.3. The van der Waals surface area contributed by atoms with Gasteiger partial charge in [0.1, 0.15) is 18.1 Å². The smallest absolute Gasteiger partial charge is 0.411 e. The second-order valence-electron chi connectivity index (χ2n) is 16.0. The number of nitrogens with zero attached hydrogens (tertiary/aromatic N) is 1. The molecule has 0 saturated heterocycles. The Morgan fingerprint density at radius 1 is 0.938 bits per heavy atom. The zero-order valence-corrected chi connectivity index (χ0v) is 38.9. The average molecular weight is 880 g/mol. The molecular formula is C52H73N5O7. The lowest BCUT2D eigenvalue weighted by atomic mass is 9.94. The number of phenolic OH excluding ortho intramolecular Hbond substituents is 1. The average Bonchev–Trinajstić information content (AvgIpc) is 3.71. The number of aromatic hydroxyl groups is 1. The van der Waals surface area contributed by atoms with Gasteiger partial charge in [0.05, 0.1) is 37.1 Å². The van der Waals surface area contributed by atoms with E-state index in [-0.39, 0.29) is 30.4 Å². The number of hydrogen-bond donors (Lipinski definition) is 6. The van der Waals surface area contributed by atoms with Crippen LogP contribution in [0.25, 0.3) is 17.2 Å². The second-order valence-corrected chi connectivity index (χ2v) is 16.0. The number of carbonyl (C=O) groups excluding carboxylic acids is 3. The molecule has 0 bridgehead atoms. The summed E-state index contributed by atoms with van der Waals surface area (Å²) in [7, 11) is 3.40. The van der Waals surface area contributed by atoms with Crippen LogP contribution in [0.4, 0.5) is 16.2 Å². The van der Waals surface area contributed by atoms with E-state index in [0.717, 1.165) is 42.5 Å². The first-order valence-electron chi connectivity index (χ1n) is 22.7. The highest BCUT2D eigenvalue weighted by Crippen LogP contribution is 2.36. The minimum Gasteiger partial charge on any atom is -0.506 e. The minimum atomic E-state index is -0.864. The number of ether oxygens (including phenoxy) is 2. The molecule has 12 heteroatoms. The van der Waals surface area contributed by atoms with E-state index < -0.39 is 6.10 Å². The van der Waals surface area contributed by atoms with Gasteiger partial charge in [-0.2, -0.15) is 0 Å². The van der Waals surface area contributed by atoms with Gasteiger partial charge in [0, 0.05) is 44.9 Å². The maximum atomic E-state index is 12.4. The van der Waals surface area contributed by atoms with E-state index in [0.29, 0.717) is 74.2 Å². The molecule has 4 atom stereocenters. The predicted molar refractivity (Wildman–Crippen MR) is 260 cm³/mol. The third kappa shape index (κ3) is 17.9. The molecule has 0 radical (unpaired) electrons. The standard InChI is InChI=1S/C27H37N3O5.C21H26N2O2.C4H10/c1-20-6-4-7-21(18-20)11-16-35-17-12-26(34)30(3)14-13-29-19-25(33)22-9-10-24(32)27(28-2)23(22)8-5-15-31;1-2-15-12-18(13-17(15)14-22)25-21(24)23-20-11-7-6-10-19(20)16-8-4-3-5-9-16;1-3-4-2/h4-10,15,18,25,28-29,32-33H,11-14,16-17,19H2,1-3H3;3-11,15,17-18H,2,12-14,22H2,1H3,(H,23,24);3-4H2,1-2H3/b8-5-;;. The number of hydrogen-bond acceptors (Lipinski definition) is 10. The Hall–Kier alpha value is -5.53. The maximum Gasteiger partial charge on any atom is 0.411 e. The zero-order valence-electron chi connectivity index (χ0n) is 38.9. The lowest BCUT2D eigenvalue weighted by Gasteiger charge is -2.20. The highest BCUT2D eigenvalue weighted by molar-refractivity contribution is 5.91. The van der Waals surface area contributed by atoms with E-state index in [1.807, 2.05) is 60.7 Å². The summed E-state index contributed by atoms with van der Waals surface area (Å²) in [5.74, 6) is 1.04. The molecule has 2 amide bonds. The first-order chi connectivity index (χ1) is 31.0. The number of aldehydes is 1. The number of aliphatic hydroxyl groups is 1. The number of aryl methyl sites for hydroxylation is 1. The summed E-state index contributed by atoms with van der Waals surface area (Å²) < 4.78 is 11.3. The summed E-state index contributed by atoms with van der Waals surface area (Å²) in [5, 5.41) is 29.7. The molecule has 0 aliphatic heterocycles. The summed E-state index contributed by atoms with van der Waals surface area (Å²) in [4.78, 5) is 37.1. The third-order valence-corrected chi connectivity index (χ3v) is 11.3. The van der Waals surface area contributed by atoms with Crippen molar-refractivity contribution in [1.82, 2.24) is 10.2 Å². The van der Waals surface area contributed by atoms with Gasteiger partial charge >= 0.3 is 6.09 Å². The summed E-state index contributed by atoms with van der Waals surface area (Å²) >= 11 is 0. The van der Waals surface area contributed by atoms with Gasteiger partial charge in [-0.25, -0.2) is 4.79 Å². The van der Waals surface area contributed by atoms with Crippen LogP contribution < -0.4 is 21.7 Å². The summed E-state index contributed by atoms with van der Waals surface area (Å²) in [6, 6.07) is 29.2. The molecule has 1 saturated carbocycles. The number of amides is 2. The Morgan fingerprint density at radius 3 is 2.31 bits per heavy atom. The molecule has 1 aliphatic rings. The van der Waals surface area contributed by atoms with Crippen molar-refractivity contribution in [3.8, 4) is 16.9 Å². The van der Waals surface area contributed by atoms with Gasteiger partial charge in [-0.15, -0.1) is 0 Å². The van der Waals surface area contributed by atoms with Gasteiger partial charge in [0.15, 0.2) is 0 Å². The number of allylic oxidation sites excluding steroid dienone is 1. The van der Waals surface area contributed by atoms with Crippen molar-refractivity contribution in [2.45, 2.75) is 84.8 Å². The molecule has 0 spiro atoms. The molecule has 1 fully saturated rings. The van der Waals surface area contributed by atoms with Gasteiger partial charge in [-0.05, 0) is 85.5 Å². The van der Waals surface area contributed by atoms with Crippen molar-refractivity contribution in [3.05, 3.63) is 119 Å². The van der Waals surface area contributed by atoms with Crippen LogP contribution in [0.5, 0.6) is 5.75 Å². The molecular weight excluding hydrogens is 807 g/mol. The molecule has 348 valence electrons. The van der Waals surface area contributed by atoms with Crippen LogP contribution in [0.15, 0.2) is 97.1 Å². The van der Waals surface area contributed by atoms with E-state index in [1.165, 1.54) is 36.1 Å². The van der Waals surface area contributed by atoms with Crippen molar-refractivity contribution >= 4 is 35.7 Å². The van der Waals surface area contributed by atoms with Crippen molar-refractivity contribution in [2.75, 3.05) is 64.1 Å². The predicted octanol–water partition coefficient (Wildman–Crippen LogP) is 9.16. The quantitative estimate of drug-likeness (QED) is 0.0205. The van der Waals surface area contributed by atoms with Crippen LogP contribution in [0.3, 0.4) is 0 Å². The highest BCUT2D eigenvalue weighted by Gasteiger charge is 2.34. The molecule has 0 heterocycles. The Balaban J connectivity index is 0.000000327. The van der Waals surface area contributed by atoms with Crippen LogP contribution >= 0.6 is 0 Å². The van der Waals surface area contributed by atoms with Gasteiger partial charge in [-0.3, -0.25) is 14.9 Å². The van der Waals surface area contributed by atoms with Gasteiger partial charge in [-0.1, -0.05) is 124 Å². The molecule has 64 heavy (non-hydrogen) atoms. The van der Waals surface area contributed by atoms with Crippen molar-refractivity contribution in [1.29, 1.82) is 0 Å². The topological polar surface area (TPSA) is 175 Å². The summed E-state index contributed by atoms with van der Waals surface area (Å²) in [5.41, 5.74) is 12.7. The Labute approximate surface area is 381 Å². The largest absolute Gasteiger partial charge is 0.506 e. The molecule has 1 aliphatic carbocycles. The Morgan fingerprint density at radius 2 is 1.66 bits per heavy atom. The molecule has 4 unspecified atom stereocenters. The number of rotatable bonds is 21. The SMILES string of the molecule is CCC1CC(OC(=O)Nc2ccccc2-c2ccccc2)CC1CN.CCCC.CNc1c(O)ccc(C(O)CNCCN(C)C(=O)CCOCCc2cccc(C)c2)c1/C=C\C=O. The first kappa shape index (κ1) is 52.8. The zero-order chi connectivity index (χ0) is 46.7. The number of para-hydroxylation sites is 1. The number of phenols is 1. The number of nitrogens with one attached hydrogen (secondary N) is 3. The highest BCUT2D eigenvalue weighted by atomic mass is 16.6. The number of nitrogens with two attached hydrogens (primary N) is 1. The summed E-state index contributed by atoms with van der Waals surface area (Å²) in [6.45, 7) is 11.5. The molecule has 4 aromatic carbocycles. The van der Waals surface area contributed by atoms with Gasteiger partial charge in [0.25, 0.3) is 0 Å². The fraction of sp³-hybridized carbons (Fsp3) is 0.442.